The Kier molecular flexibility index (Phi) is 5.96. The first-order valence-corrected chi connectivity index (χ1v) is 6.55. The minimum atomic E-state index is -0.631. The minimum absolute atomic E-state index is 0.00518. The molecule has 0 fully saturated rings. The van der Waals surface area contributed by atoms with Crippen LogP contribution in [0.15, 0.2) is 18.2 Å². The Hall–Kier alpha value is -1.25. The molecule has 1 nitrogen and oxygen atoms in total. The van der Waals surface area contributed by atoms with E-state index in [9.17, 15) is 13.6 Å². The van der Waals surface area contributed by atoms with Gasteiger partial charge < -0.3 is 0 Å². The molecule has 1 atom stereocenters. The van der Waals surface area contributed by atoms with Crippen molar-refractivity contribution in [3.63, 3.8) is 0 Å². The van der Waals surface area contributed by atoms with Gasteiger partial charge in [0.2, 0.25) is 0 Å². The molecule has 0 saturated carbocycles. The number of carbonyl (C=O) groups is 1. The zero-order valence-corrected chi connectivity index (χ0v) is 11.0. The van der Waals surface area contributed by atoms with Crippen LogP contribution < -0.4 is 0 Å². The van der Waals surface area contributed by atoms with E-state index in [4.69, 9.17) is 0 Å². The summed E-state index contributed by atoms with van der Waals surface area (Å²) in [5.41, 5.74) is 0.288. The van der Waals surface area contributed by atoms with Crippen molar-refractivity contribution >= 4 is 5.78 Å². The highest BCUT2D eigenvalue weighted by atomic mass is 19.1. The molecule has 0 radical (unpaired) electrons. The highest BCUT2D eigenvalue weighted by Crippen LogP contribution is 2.18. The van der Waals surface area contributed by atoms with Crippen molar-refractivity contribution in [2.75, 3.05) is 0 Å². The predicted molar refractivity (Wildman–Crippen MR) is 68.4 cm³/mol. The van der Waals surface area contributed by atoms with E-state index in [1.54, 1.807) is 0 Å². The van der Waals surface area contributed by atoms with Crippen molar-refractivity contribution in [1.29, 1.82) is 0 Å². The summed E-state index contributed by atoms with van der Waals surface area (Å²) >= 11 is 0. The number of Topliss-reactive ketones (excluding diaryl/α,β-unsaturated/α-hetero) is 1. The summed E-state index contributed by atoms with van der Waals surface area (Å²) in [5.74, 6) is -1.19. The first-order chi connectivity index (χ1) is 8.58. The molecular formula is C15H20F2O. The summed E-state index contributed by atoms with van der Waals surface area (Å²) in [6.45, 7) is 4.05. The van der Waals surface area contributed by atoms with E-state index < -0.39 is 11.6 Å². The summed E-state index contributed by atoms with van der Waals surface area (Å²) in [7, 11) is 0. The summed E-state index contributed by atoms with van der Waals surface area (Å²) in [5, 5.41) is 0. The highest BCUT2D eigenvalue weighted by molar-refractivity contribution is 5.83. The van der Waals surface area contributed by atoms with Crippen LogP contribution in [0.1, 0.15) is 45.1 Å². The van der Waals surface area contributed by atoms with Crippen LogP contribution in [0.3, 0.4) is 0 Å². The lowest BCUT2D eigenvalue weighted by Gasteiger charge is -2.13. The van der Waals surface area contributed by atoms with Gasteiger partial charge in [0, 0.05) is 18.4 Å². The average molecular weight is 254 g/mol. The van der Waals surface area contributed by atoms with Crippen molar-refractivity contribution in [3.8, 4) is 0 Å². The maximum atomic E-state index is 13.4. The van der Waals surface area contributed by atoms with Gasteiger partial charge in [-0.25, -0.2) is 8.78 Å². The van der Waals surface area contributed by atoms with Crippen molar-refractivity contribution < 1.29 is 13.6 Å². The second-order valence-electron chi connectivity index (χ2n) is 4.63. The summed E-state index contributed by atoms with van der Waals surface area (Å²) in [4.78, 5) is 12.0. The van der Waals surface area contributed by atoms with Gasteiger partial charge in [-0.1, -0.05) is 32.8 Å². The van der Waals surface area contributed by atoms with E-state index in [1.165, 1.54) is 12.1 Å². The molecule has 0 bridgehead atoms. The molecule has 1 rings (SSSR count). The lowest BCUT2D eigenvalue weighted by atomic mass is 9.91. The largest absolute Gasteiger partial charge is 0.299 e. The van der Waals surface area contributed by atoms with Gasteiger partial charge in [0.15, 0.2) is 0 Å². The zero-order valence-electron chi connectivity index (χ0n) is 11.0. The third-order valence-electron chi connectivity index (χ3n) is 3.23. The van der Waals surface area contributed by atoms with E-state index in [0.717, 1.165) is 31.7 Å². The predicted octanol–water partition coefficient (Wildman–Crippen LogP) is 4.29. The number of carbonyl (C=O) groups excluding carboxylic acids is 1. The van der Waals surface area contributed by atoms with Crippen LogP contribution in [0, 0.1) is 17.6 Å². The molecule has 18 heavy (non-hydrogen) atoms. The minimum Gasteiger partial charge on any atom is -0.299 e. The van der Waals surface area contributed by atoms with Crippen LogP contribution in [0.2, 0.25) is 0 Å². The molecule has 100 valence electrons. The van der Waals surface area contributed by atoms with Crippen LogP contribution in [-0.2, 0) is 11.2 Å². The molecule has 0 N–H and O–H groups in total. The van der Waals surface area contributed by atoms with Crippen LogP contribution in [-0.4, -0.2) is 5.78 Å². The molecule has 1 aromatic rings. The Labute approximate surface area is 107 Å². The number of benzene rings is 1. The molecule has 0 heterocycles. The number of hydrogen-bond donors (Lipinski definition) is 0. The molecule has 0 aliphatic heterocycles. The summed E-state index contributed by atoms with van der Waals surface area (Å²) < 4.78 is 26.2. The molecular weight excluding hydrogens is 234 g/mol. The van der Waals surface area contributed by atoms with Gasteiger partial charge in [0.25, 0.3) is 0 Å². The van der Waals surface area contributed by atoms with Gasteiger partial charge in [-0.3, -0.25) is 4.79 Å². The van der Waals surface area contributed by atoms with Crippen LogP contribution in [0.4, 0.5) is 8.78 Å². The Morgan fingerprint density at radius 3 is 2.56 bits per heavy atom. The van der Waals surface area contributed by atoms with E-state index in [1.807, 2.05) is 6.92 Å². The van der Waals surface area contributed by atoms with Gasteiger partial charge in [-0.05, 0) is 24.5 Å². The third kappa shape index (κ3) is 4.21. The monoisotopic (exact) mass is 254 g/mol. The summed E-state index contributed by atoms with van der Waals surface area (Å²) in [6, 6.07) is 3.38. The molecule has 1 unspecified atom stereocenters. The highest BCUT2D eigenvalue weighted by Gasteiger charge is 2.17. The Morgan fingerprint density at radius 1 is 1.28 bits per heavy atom. The number of rotatable bonds is 7. The second-order valence-corrected chi connectivity index (χ2v) is 4.63. The smallest absolute Gasteiger partial charge is 0.140 e. The SMILES string of the molecule is CCCCC(CC)C(=O)Cc1ccc(F)cc1F. The van der Waals surface area contributed by atoms with E-state index in [2.05, 4.69) is 6.92 Å². The lowest BCUT2D eigenvalue weighted by molar-refractivity contribution is -0.122. The van der Waals surface area contributed by atoms with Crippen molar-refractivity contribution in [1.82, 2.24) is 0 Å². The van der Waals surface area contributed by atoms with E-state index in [-0.39, 0.29) is 23.7 Å². The number of unbranched alkanes of at least 4 members (excludes halogenated alkanes) is 1. The third-order valence-corrected chi connectivity index (χ3v) is 3.23. The molecule has 0 spiro atoms. The second kappa shape index (κ2) is 7.24. The molecule has 0 aliphatic rings. The standard InChI is InChI=1S/C15H20F2O/c1-3-5-6-11(4-2)15(18)9-12-7-8-13(16)10-14(12)17/h7-8,10-11H,3-6,9H2,1-2H3. The maximum Gasteiger partial charge on any atom is 0.140 e. The Bertz CT molecular complexity index is 401. The van der Waals surface area contributed by atoms with Crippen molar-refractivity contribution in [2.45, 2.75) is 46.0 Å². The molecule has 0 saturated heterocycles. The Balaban J connectivity index is 2.67. The van der Waals surface area contributed by atoms with Crippen molar-refractivity contribution in [3.05, 3.63) is 35.4 Å². The topological polar surface area (TPSA) is 17.1 Å². The number of hydrogen-bond acceptors (Lipinski definition) is 1. The van der Waals surface area contributed by atoms with Crippen molar-refractivity contribution in [2.24, 2.45) is 5.92 Å². The maximum absolute atomic E-state index is 13.4. The number of ketones is 1. The molecule has 0 aliphatic carbocycles. The fraction of sp³-hybridized carbons (Fsp3) is 0.533. The van der Waals surface area contributed by atoms with Crippen LogP contribution in [0.25, 0.3) is 0 Å². The summed E-state index contributed by atoms with van der Waals surface area (Å²) in [6.07, 6.45) is 3.76. The molecule has 3 heteroatoms. The first kappa shape index (κ1) is 14.8. The van der Waals surface area contributed by atoms with Gasteiger partial charge in [-0.2, -0.15) is 0 Å². The van der Waals surface area contributed by atoms with Gasteiger partial charge in [0.05, 0.1) is 0 Å². The zero-order chi connectivity index (χ0) is 13.5. The van der Waals surface area contributed by atoms with E-state index >= 15 is 0 Å². The molecule has 0 amide bonds. The fourth-order valence-electron chi connectivity index (χ4n) is 2.04. The van der Waals surface area contributed by atoms with Gasteiger partial charge in [-0.15, -0.1) is 0 Å². The van der Waals surface area contributed by atoms with Gasteiger partial charge >= 0.3 is 0 Å². The molecule has 1 aromatic carbocycles. The Morgan fingerprint density at radius 2 is 2.00 bits per heavy atom. The lowest BCUT2D eigenvalue weighted by Crippen LogP contribution is -2.17. The molecule has 0 aromatic heterocycles. The first-order valence-electron chi connectivity index (χ1n) is 6.55. The van der Waals surface area contributed by atoms with Gasteiger partial charge in [0.1, 0.15) is 17.4 Å². The van der Waals surface area contributed by atoms with Crippen LogP contribution >= 0.6 is 0 Å². The quantitative estimate of drug-likeness (QED) is 0.709. The number of halogens is 2. The average Bonchev–Trinajstić information content (AvgIpc) is 2.34. The normalized spacial score (nSPS) is 12.4. The fourth-order valence-corrected chi connectivity index (χ4v) is 2.04. The van der Waals surface area contributed by atoms with Crippen LogP contribution in [0.5, 0.6) is 0 Å². The van der Waals surface area contributed by atoms with E-state index in [0.29, 0.717) is 0 Å².